The molecule has 0 aliphatic carbocycles. The number of aryl methyl sites for hydroxylation is 1. The van der Waals surface area contributed by atoms with Gasteiger partial charge in [-0.3, -0.25) is 0 Å². The van der Waals surface area contributed by atoms with E-state index in [-0.39, 0.29) is 0 Å². The largest absolute Gasteiger partial charge is 0.476 e. The van der Waals surface area contributed by atoms with Gasteiger partial charge in [0.1, 0.15) is 4.99 Å². The Bertz CT molecular complexity index is 582. The van der Waals surface area contributed by atoms with Crippen LogP contribution in [0.4, 0.5) is 0 Å². The number of thiocarbonyl (C=S) groups is 1. The van der Waals surface area contributed by atoms with Gasteiger partial charge in [0.15, 0.2) is 0 Å². The van der Waals surface area contributed by atoms with Crippen LogP contribution in [0.25, 0.3) is 0 Å². The Morgan fingerprint density at radius 2 is 2.21 bits per heavy atom. The minimum absolute atomic E-state index is 0.293. The number of hydrogen-bond donors (Lipinski definition) is 1. The molecule has 2 N–H and O–H groups in total. The fraction of sp³-hybridized carbons (Fsp3) is 0.308. The van der Waals surface area contributed by atoms with Crippen molar-refractivity contribution in [1.82, 2.24) is 10.2 Å². The van der Waals surface area contributed by atoms with Crippen LogP contribution < -0.4 is 10.5 Å². The smallest absolute Gasteiger partial charge is 0.244 e. The molecule has 0 radical (unpaired) electrons. The van der Waals surface area contributed by atoms with Crippen LogP contribution in [-0.4, -0.2) is 21.8 Å². The second-order valence-corrected chi connectivity index (χ2v) is 5.60. The number of nitrogens with zero attached hydrogens (tertiary/aromatic N) is 2. The number of aromatic nitrogens is 2. The first-order chi connectivity index (χ1) is 9.09. The van der Waals surface area contributed by atoms with Crippen molar-refractivity contribution in [2.45, 2.75) is 20.3 Å². The summed E-state index contributed by atoms with van der Waals surface area (Å²) < 4.78 is 5.67. The average molecular weight is 293 g/mol. The molecule has 19 heavy (non-hydrogen) atoms. The molecule has 0 saturated heterocycles. The van der Waals surface area contributed by atoms with Gasteiger partial charge in [-0.05, 0) is 30.9 Å². The molecule has 0 unspecified atom stereocenters. The maximum atomic E-state index is 5.74. The first kappa shape index (κ1) is 13.9. The molecule has 0 saturated carbocycles. The zero-order valence-electron chi connectivity index (χ0n) is 10.8. The van der Waals surface area contributed by atoms with Crippen molar-refractivity contribution in [1.29, 1.82) is 0 Å². The van der Waals surface area contributed by atoms with Crippen LogP contribution in [0.15, 0.2) is 17.5 Å². The fourth-order valence-corrected chi connectivity index (χ4v) is 2.61. The maximum Gasteiger partial charge on any atom is 0.244 e. The third-order valence-electron chi connectivity index (χ3n) is 2.84. The van der Waals surface area contributed by atoms with E-state index in [0.717, 1.165) is 17.7 Å². The van der Waals surface area contributed by atoms with Gasteiger partial charge in [-0.1, -0.05) is 18.3 Å². The maximum absolute atomic E-state index is 5.74. The zero-order chi connectivity index (χ0) is 13.8. The van der Waals surface area contributed by atoms with Crippen molar-refractivity contribution in [3.63, 3.8) is 0 Å². The minimum Gasteiger partial charge on any atom is -0.476 e. The number of rotatable bonds is 5. The van der Waals surface area contributed by atoms with Crippen molar-refractivity contribution in [3.8, 4) is 5.88 Å². The number of nitrogens with two attached hydrogens (primary N) is 1. The quantitative estimate of drug-likeness (QED) is 0.858. The summed E-state index contributed by atoms with van der Waals surface area (Å²) in [6.07, 6.45) is 0.836. The average Bonchev–Trinajstić information content (AvgIpc) is 2.86. The molecule has 2 rings (SSSR count). The first-order valence-electron chi connectivity index (χ1n) is 5.88. The Morgan fingerprint density at radius 1 is 1.42 bits per heavy atom. The third kappa shape index (κ3) is 3.27. The van der Waals surface area contributed by atoms with E-state index in [2.05, 4.69) is 16.3 Å². The van der Waals surface area contributed by atoms with Gasteiger partial charge in [0.2, 0.25) is 5.88 Å². The summed E-state index contributed by atoms with van der Waals surface area (Å²) in [7, 11) is 0. The summed E-state index contributed by atoms with van der Waals surface area (Å²) in [5.74, 6) is 0.423. The van der Waals surface area contributed by atoms with Crippen molar-refractivity contribution in [3.05, 3.63) is 39.2 Å². The van der Waals surface area contributed by atoms with E-state index in [1.807, 2.05) is 25.3 Å². The molecule has 0 atom stereocenters. The van der Waals surface area contributed by atoms with Crippen LogP contribution in [0.1, 0.15) is 21.7 Å². The molecular formula is C13H15N3OS2. The summed E-state index contributed by atoms with van der Waals surface area (Å²) in [6.45, 7) is 4.33. The number of ether oxygens (including phenoxy) is 1. The topological polar surface area (TPSA) is 61.0 Å². The van der Waals surface area contributed by atoms with E-state index in [1.54, 1.807) is 11.3 Å². The number of hydrogen-bond acceptors (Lipinski definition) is 5. The van der Waals surface area contributed by atoms with Gasteiger partial charge in [0.05, 0.1) is 17.9 Å². The lowest BCUT2D eigenvalue weighted by Gasteiger charge is -2.12. The van der Waals surface area contributed by atoms with Crippen molar-refractivity contribution in [2.75, 3.05) is 6.61 Å². The molecular weight excluding hydrogens is 278 g/mol. The summed E-state index contributed by atoms with van der Waals surface area (Å²) >= 11 is 6.77. The second-order valence-electron chi connectivity index (χ2n) is 4.13. The van der Waals surface area contributed by atoms with Crippen LogP contribution in [0, 0.1) is 13.8 Å². The molecule has 2 aromatic heterocycles. The van der Waals surface area contributed by atoms with Crippen LogP contribution in [0.2, 0.25) is 0 Å². The van der Waals surface area contributed by atoms with Gasteiger partial charge in [-0.15, -0.1) is 16.4 Å². The lowest BCUT2D eigenvalue weighted by molar-refractivity contribution is 0.305. The van der Waals surface area contributed by atoms with E-state index in [9.17, 15) is 0 Å². The van der Waals surface area contributed by atoms with Crippen LogP contribution >= 0.6 is 23.6 Å². The van der Waals surface area contributed by atoms with E-state index in [0.29, 0.717) is 23.0 Å². The summed E-state index contributed by atoms with van der Waals surface area (Å²) in [6, 6.07) is 4.10. The van der Waals surface area contributed by atoms with Crippen LogP contribution in [0.5, 0.6) is 5.88 Å². The van der Waals surface area contributed by atoms with Crippen LogP contribution in [0.3, 0.4) is 0 Å². The predicted molar refractivity (Wildman–Crippen MR) is 80.9 cm³/mol. The Balaban J connectivity index is 2.11. The molecule has 2 aromatic rings. The summed E-state index contributed by atoms with van der Waals surface area (Å²) in [4.78, 5) is 1.57. The predicted octanol–water partition coefficient (Wildman–Crippen LogP) is 2.41. The van der Waals surface area contributed by atoms with Crippen LogP contribution in [-0.2, 0) is 6.42 Å². The molecule has 0 fully saturated rings. The molecule has 0 aliphatic heterocycles. The van der Waals surface area contributed by atoms with Gasteiger partial charge in [-0.2, -0.15) is 5.10 Å². The van der Waals surface area contributed by atoms with E-state index >= 15 is 0 Å². The van der Waals surface area contributed by atoms with Gasteiger partial charge < -0.3 is 10.5 Å². The highest BCUT2D eigenvalue weighted by Crippen LogP contribution is 2.20. The standard InChI is InChI=1S/C13H15N3OS2/c1-8-9(2)15-16-13(11(8)12(14)18)17-6-5-10-4-3-7-19-10/h3-4,7H,5-6H2,1-2H3,(H2,14,18). The molecule has 2 heterocycles. The van der Waals surface area contributed by atoms with Crippen molar-refractivity contribution >= 4 is 28.5 Å². The van der Waals surface area contributed by atoms with Gasteiger partial charge in [-0.25, -0.2) is 0 Å². The third-order valence-corrected chi connectivity index (χ3v) is 3.98. The van der Waals surface area contributed by atoms with Crippen molar-refractivity contribution in [2.24, 2.45) is 5.73 Å². The molecule has 0 amide bonds. The van der Waals surface area contributed by atoms with Gasteiger partial charge in [0.25, 0.3) is 0 Å². The van der Waals surface area contributed by atoms with E-state index in [4.69, 9.17) is 22.7 Å². The highest BCUT2D eigenvalue weighted by Gasteiger charge is 2.14. The Kier molecular flexibility index (Phi) is 4.44. The number of thiophene rings is 1. The molecule has 6 heteroatoms. The monoisotopic (exact) mass is 293 g/mol. The Hall–Kier alpha value is -1.53. The Labute approximate surface area is 121 Å². The molecule has 4 nitrogen and oxygen atoms in total. The highest BCUT2D eigenvalue weighted by atomic mass is 32.1. The van der Waals surface area contributed by atoms with E-state index < -0.39 is 0 Å². The highest BCUT2D eigenvalue weighted by molar-refractivity contribution is 7.80. The lowest BCUT2D eigenvalue weighted by atomic mass is 10.1. The lowest BCUT2D eigenvalue weighted by Crippen LogP contribution is -2.17. The fourth-order valence-electron chi connectivity index (χ4n) is 1.68. The summed E-state index contributed by atoms with van der Waals surface area (Å²) in [5.41, 5.74) is 8.16. The van der Waals surface area contributed by atoms with Gasteiger partial charge >= 0.3 is 0 Å². The zero-order valence-corrected chi connectivity index (χ0v) is 12.5. The molecule has 0 spiro atoms. The minimum atomic E-state index is 0.293. The Morgan fingerprint density at radius 3 is 2.84 bits per heavy atom. The molecule has 0 aromatic carbocycles. The van der Waals surface area contributed by atoms with Gasteiger partial charge in [0, 0.05) is 11.3 Å². The SMILES string of the molecule is Cc1nnc(OCCc2cccs2)c(C(N)=S)c1C. The molecule has 100 valence electrons. The van der Waals surface area contributed by atoms with E-state index in [1.165, 1.54) is 4.88 Å². The summed E-state index contributed by atoms with van der Waals surface area (Å²) in [5, 5.41) is 10.1. The molecule has 0 aliphatic rings. The van der Waals surface area contributed by atoms with Crippen molar-refractivity contribution < 1.29 is 4.74 Å². The molecule has 0 bridgehead atoms. The first-order valence-corrected chi connectivity index (χ1v) is 7.17. The normalized spacial score (nSPS) is 10.4. The second kappa shape index (κ2) is 6.08.